The van der Waals surface area contributed by atoms with Crippen molar-refractivity contribution in [3.8, 4) is 0 Å². The van der Waals surface area contributed by atoms with Crippen LogP contribution in [0.1, 0.15) is 41.7 Å². The van der Waals surface area contributed by atoms with Gasteiger partial charge in [-0.2, -0.15) is 18.2 Å². The number of piperazine rings is 1. The lowest BCUT2D eigenvalue weighted by molar-refractivity contribution is -0.137. The number of alkyl halides is 3. The summed E-state index contributed by atoms with van der Waals surface area (Å²) in [4.78, 5) is 6.67. The number of hydrogen-bond acceptors (Lipinski definition) is 5. The molecule has 0 saturated carbocycles. The number of nitrogens with zero attached hydrogens (tertiary/aromatic N) is 3. The van der Waals surface area contributed by atoms with E-state index >= 15 is 0 Å². The molecular weight excluding hydrogens is 369 g/mol. The molecule has 1 aromatic carbocycles. The van der Waals surface area contributed by atoms with Gasteiger partial charge in [0.2, 0.25) is 5.89 Å². The summed E-state index contributed by atoms with van der Waals surface area (Å²) >= 11 is 0. The smallest absolute Gasteiger partial charge is 0.339 e. The normalized spacial score (nSPS) is 19.8. The number of aromatic nitrogens is 2. The van der Waals surface area contributed by atoms with Crippen molar-refractivity contribution in [1.82, 2.24) is 20.4 Å². The zero-order valence-electron chi connectivity index (χ0n) is 14.6. The van der Waals surface area contributed by atoms with Crippen LogP contribution in [0, 0.1) is 0 Å². The summed E-state index contributed by atoms with van der Waals surface area (Å²) in [7, 11) is 2.02. The molecule has 26 heavy (non-hydrogen) atoms. The number of nitrogens with one attached hydrogen (secondary N) is 1. The van der Waals surface area contributed by atoms with Gasteiger partial charge in [0.25, 0.3) is 0 Å². The highest BCUT2D eigenvalue weighted by Crippen LogP contribution is 2.30. The Bertz CT molecular complexity index is 705. The van der Waals surface area contributed by atoms with Gasteiger partial charge in [-0.1, -0.05) is 24.2 Å². The Hall–Kier alpha value is -1.64. The topological polar surface area (TPSA) is 54.2 Å². The second-order valence-electron chi connectivity index (χ2n) is 6.49. The van der Waals surface area contributed by atoms with Crippen LogP contribution in [0.2, 0.25) is 0 Å². The highest BCUT2D eigenvalue weighted by atomic mass is 35.5. The van der Waals surface area contributed by atoms with Crippen LogP contribution in [0.5, 0.6) is 0 Å². The second kappa shape index (κ2) is 8.37. The Morgan fingerprint density at radius 1 is 1.31 bits per heavy atom. The summed E-state index contributed by atoms with van der Waals surface area (Å²) in [6, 6.07) is 5.27. The summed E-state index contributed by atoms with van der Waals surface area (Å²) < 4.78 is 43.2. The van der Waals surface area contributed by atoms with E-state index in [1.807, 2.05) is 14.0 Å². The molecule has 0 bridgehead atoms. The minimum Gasteiger partial charge on any atom is -0.339 e. The molecule has 1 N–H and O–H groups in total. The SMILES string of the molecule is CC(Cc1ccc(C(F)(F)F)cc1)c1nc(C2CNCCN2C)no1.Cl. The lowest BCUT2D eigenvalue weighted by atomic mass is 10.00. The maximum Gasteiger partial charge on any atom is 0.416 e. The van der Waals surface area contributed by atoms with E-state index < -0.39 is 11.7 Å². The Balaban J connectivity index is 0.00000243. The molecule has 2 atom stereocenters. The van der Waals surface area contributed by atoms with Crippen LogP contribution in [-0.4, -0.2) is 41.7 Å². The molecule has 2 heterocycles. The number of halogens is 4. The van der Waals surface area contributed by atoms with Crippen LogP contribution in [0.3, 0.4) is 0 Å². The fourth-order valence-electron chi connectivity index (χ4n) is 2.95. The second-order valence-corrected chi connectivity index (χ2v) is 6.49. The number of hydrogen-bond donors (Lipinski definition) is 1. The van der Waals surface area contributed by atoms with Crippen molar-refractivity contribution in [2.24, 2.45) is 0 Å². The first-order chi connectivity index (χ1) is 11.8. The predicted molar refractivity (Wildman–Crippen MR) is 93.3 cm³/mol. The molecule has 1 saturated heterocycles. The first-order valence-corrected chi connectivity index (χ1v) is 8.25. The van der Waals surface area contributed by atoms with E-state index in [0.717, 1.165) is 37.3 Å². The standard InChI is InChI=1S/C17H21F3N4O.ClH/c1-11(9-12-3-5-13(6-4-12)17(18,19)20)16-22-15(23-25-16)14-10-21-7-8-24(14)2;/h3-6,11,14,21H,7-10H2,1-2H3;1H. The third-order valence-electron chi connectivity index (χ3n) is 4.51. The summed E-state index contributed by atoms with van der Waals surface area (Å²) in [6.45, 7) is 4.54. The van der Waals surface area contributed by atoms with Crippen molar-refractivity contribution < 1.29 is 17.7 Å². The lowest BCUT2D eigenvalue weighted by Gasteiger charge is -2.30. The third-order valence-corrected chi connectivity index (χ3v) is 4.51. The van der Waals surface area contributed by atoms with E-state index in [4.69, 9.17) is 4.52 Å². The number of likely N-dealkylation sites (N-methyl/N-ethyl adjacent to an activating group) is 1. The zero-order valence-corrected chi connectivity index (χ0v) is 15.4. The van der Waals surface area contributed by atoms with Gasteiger partial charge in [-0.25, -0.2) is 0 Å². The highest BCUT2D eigenvalue weighted by Gasteiger charge is 2.30. The molecule has 0 amide bonds. The highest BCUT2D eigenvalue weighted by molar-refractivity contribution is 5.85. The Morgan fingerprint density at radius 3 is 2.62 bits per heavy atom. The Kier molecular flexibility index (Phi) is 6.65. The summed E-state index contributed by atoms with van der Waals surface area (Å²) in [5.74, 6) is 1.08. The molecule has 3 rings (SSSR count). The van der Waals surface area contributed by atoms with Crippen LogP contribution < -0.4 is 5.32 Å². The van der Waals surface area contributed by atoms with Gasteiger partial charge in [-0.05, 0) is 31.2 Å². The van der Waals surface area contributed by atoms with Crippen molar-refractivity contribution in [3.05, 3.63) is 47.1 Å². The average Bonchev–Trinajstić information content (AvgIpc) is 3.05. The fourth-order valence-corrected chi connectivity index (χ4v) is 2.95. The van der Waals surface area contributed by atoms with Gasteiger partial charge in [0, 0.05) is 25.6 Å². The first kappa shape index (κ1) is 20.7. The van der Waals surface area contributed by atoms with Crippen molar-refractivity contribution >= 4 is 12.4 Å². The molecule has 5 nitrogen and oxygen atoms in total. The fraction of sp³-hybridized carbons (Fsp3) is 0.529. The van der Waals surface area contributed by atoms with Gasteiger partial charge in [0.1, 0.15) is 0 Å². The van der Waals surface area contributed by atoms with E-state index in [1.54, 1.807) is 0 Å². The van der Waals surface area contributed by atoms with Crippen molar-refractivity contribution in [2.75, 3.05) is 26.7 Å². The van der Waals surface area contributed by atoms with Crippen molar-refractivity contribution in [3.63, 3.8) is 0 Å². The third kappa shape index (κ3) is 4.75. The number of benzene rings is 1. The minimum absolute atomic E-state index is 0. The van der Waals surface area contributed by atoms with Gasteiger partial charge in [0.15, 0.2) is 5.82 Å². The lowest BCUT2D eigenvalue weighted by Crippen LogP contribution is -2.44. The molecule has 2 aromatic rings. The average molecular weight is 391 g/mol. The van der Waals surface area contributed by atoms with Gasteiger partial charge in [0.05, 0.1) is 11.6 Å². The molecule has 0 spiro atoms. The zero-order chi connectivity index (χ0) is 18.0. The maximum absolute atomic E-state index is 12.6. The predicted octanol–water partition coefficient (Wildman–Crippen LogP) is 3.43. The van der Waals surface area contributed by atoms with E-state index in [1.165, 1.54) is 12.1 Å². The summed E-state index contributed by atoms with van der Waals surface area (Å²) in [5.41, 5.74) is 0.161. The molecule has 1 aliphatic rings. The van der Waals surface area contributed by atoms with Crippen LogP contribution in [0.25, 0.3) is 0 Å². The summed E-state index contributed by atoms with van der Waals surface area (Å²) in [6.07, 6.45) is -3.77. The molecule has 0 aliphatic carbocycles. The first-order valence-electron chi connectivity index (χ1n) is 8.25. The van der Waals surface area contributed by atoms with Gasteiger partial charge < -0.3 is 9.84 Å². The minimum atomic E-state index is -4.31. The van der Waals surface area contributed by atoms with E-state index in [-0.39, 0.29) is 24.4 Å². The molecule has 1 aromatic heterocycles. The van der Waals surface area contributed by atoms with Gasteiger partial charge >= 0.3 is 6.18 Å². The molecule has 0 radical (unpaired) electrons. The largest absolute Gasteiger partial charge is 0.416 e. The Morgan fingerprint density at radius 2 is 2.00 bits per heavy atom. The molecule has 1 fully saturated rings. The molecule has 2 unspecified atom stereocenters. The van der Waals surface area contributed by atoms with E-state index in [0.29, 0.717) is 18.1 Å². The van der Waals surface area contributed by atoms with Crippen LogP contribution in [0.15, 0.2) is 28.8 Å². The summed E-state index contributed by atoms with van der Waals surface area (Å²) in [5, 5.41) is 7.39. The molecule has 144 valence electrons. The molecule has 9 heteroatoms. The van der Waals surface area contributed by atoms with Crippen LogP contribution in [0.4, 0.5) is 13.2 Å². The quantitative estimate of drug-likeness (QED) is 0.866. The van der Waals surface area contributed by atoms with Crippen LogP contribution >= 0.6 is 12.4 Å². The van der Waals surface area contributed by atoms with E-state index in [9.17, 15) is 13.2 Å². The monoisotopic (exact) mass is 390 g/mol. The molecule has 1 aliphatic heterocycles. The van der Waals surface area contributed by atoms with Gasteiger partial charge in [-0.3, -0.25) is 4.90 Å². The van der Waals surface area contributed by atoms with E-state index in [2.05, 4.69) is 20.4 Å². The maximum atomic E-state index is 12.6. The van der Waals surface area contributed by atoms with Gasteiger partial charge in [-0.15, -0.1) is 12.4 Å². The number of rotatable bonds is 4. The molecular formula is C17H22ClF3N4O. The van der Waals surface area contributed by atoms with Crippen molar-refractivity contribution in [2.45, 2.75) is 31.5 Å². The van der Waals surface area contributed by atoms with Crippen LogP contribution in [-0.2, 0) is 12.6 Å². The Labute approximate surface area is 156 Å². The van der Waals surface area contributed by atoms with Crippen molar-refractivity contribution in [1.29, 1.82) is 0 Å².